The third-order valence-corrected chi connectivity index (χ3v) is 12.0. The van der Waals surface area contributed by atoms with Crippen LogP contribution in [0.1, 0.15) is 82.3 Å². The zero-order valence-corrected chi connectivity index (χ0v) is 26.7. The Morgan fingerprint density at radius 1 is 0.935 bits per heavy atom. The summed E-state index contributed by atoms with van der Waals surface area (Å²) in [5.74, 6) is 1.23. The van der Waals surface area contributed by atoms with Gasteiger partial charge in [-0.05, 0) is 92.2 Å². The summed E-state index contributed by atoms with van der Waals surface area (Å²) in [6.45, 7) is 1.74. The molecular weight excluding hydrogens is 563 g/mol. The molecule has 1 aromatic heterocycles. The fraction of sp³-hybridized carbons (Fsp3) is 0.390. The van der Waals surface area contributed by atoms with Crippen molar-refractivity contribution in [2.24, 2.45) is 17.3 Å². The van der Waals surface area contributed by atoms with Gasteiger partial charge in [-0.25, -0.2) is 4.98 Å². The molecule has 1 N–H and O–H groups in total. The Balaban J connectivity index is 1.29. The average Bonchev–Trinajstić information content (AvgIpc) is 3.50. The summed E-state index contributed by atoms with van der Waals surface area (Å²) in [6.07, 6.45) is 20.3. The molecule has 5 atom stereocenters. The number of dihydropyridines is 1. The highest BCUT2D eigenvalue weighted by Crippen LogP contribution is 2.64. The van der Waals surface area contributed by atoms with E-state index in [0.717, 1.165) is 41.4 Å². The van der Waals surface area contributed by atoms with Crippen LogP contribution in [-0.4, -0.2) is 30.3 Å². The highest BCUT2D eigenvalue weighted by atomic mass is 16.1. The number of rotatable bonds is 9. The number of allylic oxidation sites excluding steroid dienone is 5. The van der Waals surface area contributed by atoms with Crippen molar-refractivity contribution in [3.05, 3.63) is 113 Å². The summed E-state index contributed by atoms with van der Waals surface area (Å²) in [5.41, 5.74) is 9.01. The molecule has 4 aliphatic carbocycles. The Morgan fingerprint density at radius 3 is 2.63 bits per heavy atom. The number of ketones is 1. The molecule has 1 fully saturated rings. The number of aromatic nitrogens is 1. The smallest absolute Gasteiger partial charge is 0.167 e. The lowest BCUT2D eigenvalue weighted by Gasteiger charge is -2.44. The highest BCUT2D eigenvalue weighted by Gasteiger charge is 2.55. The van der Waals surface area contributed by atoms with Crippen molar-refractivity contribution in [2.75, 3.05) is 0 Å². The van der Waals surface area contributed by atoms with Gasteiger partial charge in [-0.2, -0.15) is 0 Å². The number of pyridine rings is 1. The van der Waals surface area contributed by atoms with Gasteiger partial charge in [-0.1, -0.05) is 85.7 Å². The van der Waals surface area contributed by atoms with Gasteiger partial charge in [0.2, 0.25) is 0 Å². The maximum absolute atomic E-state index is 12.7. The monoisotopic (exact) mass is 604 g/mol. The lowest BCUT2D eigenvalue weighted by Crippen LogP contribution is -2.37. The molecule has 1 saturated carbocycles. The number of carbonyl (C=O) groups excluding carboxylic acids is 2. The van der Waals surface area contributed by atoms with Crippen LogP contribution < -0.4 is 5.32 Å². The van der Waals surface area contributed by atoms with Crippen LogP contribution in [0.2, 0.25) is 0 Å². The molecule has 5 aliphatic rings. The molecule has 0 amide bonds. The van der Waals surface area contributed by atoms with E-state index in [9.17, 15) is 9.59 Å². The summed E-state index contributed by atoms with van der Waals surface area (Å²) in [4.78, 5) is 30.4. The number of carbonyl (C=O) groups is 2. The normalized spacial score (nSPS) is 28.5. The fourth-order valence-electron chi connectivity index (χ4n) is 9.91. The van der Waals surface area contributed by atoms with Gasteiger partial charge in [0.05, 0.1) is 22.9 Å². The summed E-state index contributed by atoms with van der Waals surface area (Å²) < 4.78 is 0. The molecule has 5 unspecified atom stereocenters. The van der Waals surface area contributed by atoms with E-state index in [4.69, 9.17) is 12.8 Å². The maximum atomic E-state index is 12.7. The van der Waals surface area contributed by atoms with Crippen LogP contribution >= 0.6 is 0 Å². The third-order valence-electron chi connectivity index (χ3n) is 12.0. The van der Waals surface area contributed by atoms with E-state index in [-0.39, 0.29) is 22.9 Å². The van der Waals surface area contributed by atoms with Gasteiger partial charge >= 0.3 is 0 Å². The number of fused-ring (bicyclic) bond motifs is 7. The van der Waals surface area contributed by atoms with Crippen molar-refractivity contribution in [3.63, 3.8) is 0 Å². The standard InChI is InChI=1S/C41H41BN2O2/c1-26(45)18-20-40(31-14-6-4-12-29(31)38-33(40)24-27-10-2-8-16-35(27)43-38)22-23-41(21-19-37(42)46)32-15-7-5-13-30(32)39-34(41)25-28-11-3-9-17-36(28)44-39/h2-3,5,7-11,13,15-17,24-25,29,31,35,43H,4,6,12,14,18-23H2,1H3. The number of para-hydroxylation sites is 1. The molecular formula is C41H41BN2O2. The van der Waals surface area contributed by atoms with E-state index < -0.39 is 5.41 Å². The minimum Gasteiger partial charge on any atom is -0.378 e. The second-order valence-electron chi connectivity index (χ2n) is 14.4. The molecule has 4 nitrogen and oxygen atoms in total. The fourth-order valence-corrected chi connectivity index (χ4v) is 9.91. The van der Waals surface area contributed by atoms with Gasteiger partial charge in [0, 0.05) is 39.8 Å². The van der Waals surface area contributed by atoms with Crippen molar-refractivity contribution >= 4 is 30.2 Å². The Labute approximate surface area is 273 Å². The predicted molar refractivity (Wildman–Crippen MR) is 185 cm³/mol. The zero-order chi connectivity index (χ0) is 31.5. The largest absolute Gasteiger partial charge is 0.378 e. The molecule has 0 bridgehead atoms. The summed E-state index contributed by atoms with van der Waals surface area (Å²) >= 11 is 0. The van der Waals surface area contributed by atoms with Crippen LogP contribution in [0.15, 0.2) is 102 Å². The van der Waals surface area contributed by atoms with Gasteiger partial charge in [-0.3, -0.25) is 0 Å². The zero-order valence-electron chi connectivity index (χ0n) is 26.7. The van der Waals surface area contributed by atoms with Crippen LogP contribution in [0.3, 0.4) is 0 Å². The first kappa shape index (κ1) is 29.4. The lowest BCUT2D eigenvalue weighted by atomic mass is 9.59. The van der Waals surface area contributed by atoms with Crippen molar-refractivity contribution < 1.29 is 9.59 Å². The molecule has 2 heterocycles. The Kier molecular flexibility index (Phi) is 7.27. The molecule has 2 aromatic carbocycles. The number of hydrogen-bond donors (Lipinski definition) is 1. The van der Waals surface area contributed by atoms with E-state index in [1.165, 1.54) is 53.7 Å². The molecule has 0 saturated heterocycles. The molecule has 1 aliphatic heterocycles. The van der Waals surface area contributed by atoms with Crippen molar-refractivity contribution in [1.29, 1.82) is 0 Å². The van der Waals surface area contributed by atoms with E-state index in [1.807, 2.05) is 6.07 Å². The van der Waals surface area contributed by atoms with Gasteiger partial charge in [0.25, 0.3) is 0 Å². The Morgan fingerprint density at radius 2 is 1.76 bits per heavy atom. The first-order valence-corrected chi connectivity index (χ1v) is 17.3. The maximum Gasteiger partial charge on any atom is 0.167 e. The molecule has 8 rings (SSSR count). The summed E-state index contributed by atoms with van der Waals surface area (Å²) in [7, 11) is 5.89. The number of nitrogens with one attached hydrogen (secondary N) is 1. The second-order valence-corrected chi connectivity index (χ2v) is 14.4. The topological polar surface area (TPSA) is 59.1 Å². The van der Waals surface area contributed by atoms with Gasteiger partial charge in [0.15, 0.2) is 7.85 Å². The lowest BCUT2D eigenvalue weighted by molar-refractivity contribution is -0.117. The minimum atomic E-state index is -0.403. The first-order chi connectivity index (χ1) is 22.4. The molecule has 0 spiro atoms. The van der Waals surface area contributed by atoms with Gasteiger partial charge < -0.3 is 14.9 Å². The van der Waals surface area contributed by atoms with Gasteiger partial charge in [-0.15, -0.1) is 0 Å². The van der Waals surface area contributed by atoms with Crippen LogP contribution in [0.25, 0.3) is 22.2 Å². The van der Waals surface area contributed by atoms with Crippen LogP contribution in [-0.2, 0) is 15.0 Å². The molecule has 5 heteroatoms. The average molecular weight is 605 g/mol. The van der Waals surface area contributed by atoms with E-state index in [1.54, 1.807) is 6.92 Å². The van der Waals surface area contributed by atoms with E-state index in [2.05, 4.69) is 84.2 Å². The summed E-state index contributed by atoms with van der Waals surface area (Å²) in [6, 6.07) is 19.6. The van der Waals surface area contributed by atoms with Crippen LogP contribution in [0, 0.1) is 17.3 Å². The van der Waals surface area contributed by atoms with Crippen molar-refractivity contribution in [2.45, 2.75) is 82.6 Å². The minimum absolute atomic E-state index is 0.131. The predicted octanol–water partition coefficient (Wildman–Crippen LogP) is 8.21. The Bertz CT molecular complexity index is 1880. The SMILES string of the molecule is [B]C(=O)CCC1(CCC2(CCC(C)=O)C3=C(NC4C=CC=CC4=C3)C3CCCCC32)c2ccccc2-c2nc3ccccc3cc21. The number of Topliss-reactive ketones (excluding diaryl/α,β-unsaturated/α-hetero) is 1. The summed E-state index contributed by atoms with van der Waals surface area (Å²) in [5, 5.41) is 5.12. The molecule has 46 heavy (non-hydrogen) atoms. The number of benzene rings is 2. The first-order valence-electron chi connectivity index (χ1n) is 17.3. The van der Waals surface area contributed by atoms with Crippen molar-refractivity contribution in [3.8, 4) is 11.3 Å². The molecule has 3 aromatic rings. The highest BCUT2D eigenvalue weighted by molar-refractivity contribution is 6.57. The number of hydrogen-bond acceptors (Lipinski definition) is 4. The molecule has 230 valence electrons. The quantitative estimate of drug-likeness (QED) is 0.250. The molecule has 2 radical (unpaired) electrons. The van der Waals surface area contributed by atoms with Crippen LogP contribution in [0.4, 0.5) is 0 Å². The number of nitrogens with zero attached hydrogens (tertiary/aromatic N) is 1. The van der Waals surface area contributed by atoms with E-state index in [0.29, 0.717) is 31.1 Å². The Hall–Kier alpha value is -3.99. The van der Waals surface area contributed by atoms with Crippen LogP contribution in [0.5, 0.6) is 0 Å². The van der Waals surface area contributed by atoms with Gasteiger partial charge in [0.1, 0.15) is 5.78 Å². The van der Waals surface area contributed by atoms with Crippen molar-refractivity contribution in [1.82, 2.24) is 10.3 Å². The third kappa shape index (κ3) is 4.60. The van der Waals surface area contributed by atoms with E-state index >= 15 is 0 Å². The second kappa shape index (κ2) is 11.4.